The van der Waals surface area contributed by atoms with E-state index in [1.165, 1.54) is 11.8 Å². The van der Waals surface area contributed by atoms with E-state index in [0.29, 0.717) is 17.9 Å². The SMILES string of the molecule is CC(=O)OC1CC(=O)N1c1ccc(CN2C(=O)[C@]3(O[C@H](CC(=O)N4CCC[C@H]4CO)[C@@H]([Si](C)(C)O)[C@@H]3C)c3ccccc32)cc1. The Morgan fingerprint density at radius 1 is 1.11 bits per heavy atom. The number of rotatable bonds is 8. The monoisotopic (exact) mass is 635 g/mol. The summed E-state index contributed by atoms with van der Waals surface area (Å²) in [5, 5.41) is 9.80. The van der Waals surface area contributed by atoms with Crippen molar-refractivity contribution in [1.82, 2.24) is 4.90 Å². The maximum atomic E-state index is 14.6. The third kappa shape index (κ3) is 5.27. The van der Waals surface area contributed by atoms with Crippen molar-refractivity contribution in [3.63, 3.8) is 0 Å². The van der Waals surface area contributed by atoms with Crippen molar-refractivity contribution in [2.45, 2.75) is 88.7 Å². The summed E-state index contributed by atoms with van der Waals surface area (Å²) in [6, 6.07) is 14.5. The number of benzene rings is 2. The second-order valence-electron chi connectivity index (χ2n) is 13.2. The summed E-state index contributed by atoms with van der Waals surface area (Å²) >= 11 is 0. The summed E-state index contributed by atoms with van der Waals surface area (Å²) in [7, 11) is -2.94. The Balaban J connectivity index is 1.27. The molecule has 11 nitrogen and oxygen atoms in total. The summed E-state index contributed by atoms with van der Waals surface area (Å²) < 4.78 is 12.0. The molecule has 3 saturated heterocycles. The van der Waals surface area contributed by atoms with Gasteiger partial charge in [0.2, 0.25) is 11.8 Å². The molecular weight excluding hydrogens is 594 g/mol. The van der Waals surface area contributed by atoms with Crippen LogP contribution in [-0.4, -0.2) is 78.3 Å². The first-order valence-electron chi connectivity index (χ1n) is 15.7. The number of carbonyl (C=O) groups is 4. The van der Waals surface area contributed by atoms with Gasteiger partial charge in [0.25, 0.3) is 5.91 Å². The third-order valence-electron chi connectivity index (χ3n) is 9.94. The van der Waals surface area contributed by atoms with Crippen LogP contribution in [0.25, 0.3) is 0 Å². The number of esters is 1. The molecule has 240 valence electrons. The molecule has 4 heterocycles. The Morgan fingerprint density at radius 2 is 1.82 bits per heavy atom. The van der Waals surface area contributed by atoms with Gasteiger partial charge in [-0.25, -0.2) is 0 Å². The fourth-order valence-electron chi connectivity index (χ4n) is 7.96. The molecule has 2 aromatic rings. The molecule has 1 unspecified atom stereocenters. The highest BCUT2D eigenvalue weighted by Crippen LogP contribution is 2.59. The Morgan fingerprint density at radius 3 is 2.47 bits per heavy atom. The van der Waals surface area contributed by atoms with Crippen LogP contribution in [0.2, 0.25) is 18.6 Å². The van der Waals surface area contributed by atoms with Crippen molar-refractivity contribution < 1.29 is 38.6 Å². The van der Waals surface area contributed by atoms with E-state index in [1.807, 2.05) is 56.4 Å². The lowest BCUT2D eigenvalue weighted by atomic mass is 9.82. The van der Waals surface area contributed by atoms with E-state index in [-0.39, 0.29) is 55.3 Å². The Kier molecular flexibility index (Phi) is 8.13. The fraction of sp³-hybridized carbons (Fsp3) is 0.515. The zero-order chi connectivity index (χ0) is 32.3. The number of aliphatic hydroxyl groups excluding tert-OH is 1. The largest absolute Gasteiger partial charge is 0.441 e. The number of ether oxygens (including phenoxy) is 2. The molecule has 3 amide bonds. The summed E-state index contributed by atoms with van der Waals surface area (Å²) in [6.07, 6.45) is 0.471. The van der Waals surface area contributed by atoms with Crippen molar-refractivity contribution >= 4 is 43.4 Å². The molecule has 4 aliphatic heterocycles. The normalized spacial score (nSPS) is 29.4. The molecule has 0 aromatic heterocycles. The number of fused-ring (bicyclic) bond motifs is 2. The summed E-state index contributed by atoms with van der Waals surface area (Å²) in [5.41, 5.74) is 1.13. The molecule has 6 atom stereocenters. The smallest absolute Gasteiger partial charge is 0.304 e. The van der Waals surface area contributed by atoms with Crippen molar-refractivity contribution in [2.75, 3.05) is 23.0 Å². The second kappa shape index (κ2) is 11.7. The number of nitrogens with zero attached hydrogens (tertiary/aromatic N) is 3. The van der Waals surface area contributed by atoms with Gasteiger partial charge in [-0.1, -0.05) is 37.3 Å². The molecule has 1 spiro atoms. The van der Waals surface area contributed by atoms with Crippen LogP contribution in [0.1, 0.15) is 50.7 Å². The number of para-hydroxylation sites is 1. The highest BCUT2D eigenvalue weighted by atomic mass is 28.4. The number of amides is 3. The number of hydrogen-bond donors (Lipinski definition) is 2. The maximum Gasteiger partial charge on any atom is 0.304 e. The summed E-state index contributed by atoms with van der Waals surface area (Å²) in [6.45, 7) is 7.65. The van der Waals surface area contributed by atoms with Crippen LogP contribution in [0.5, 0.6) is 0 Å². The Labute approximate surface area is 263 Å². The minimum Gasteiger partial charge on any atom is -0.441 e. The van der Waals surface area contributed by atoms with E-state index in [2.05, 4.69) is 0 Å². The molecule has 0 bridgehead atoms. The lowest BCUT2D eigenvalue weighted by Crippen LogP contribution is -2.54. The fourth-order valence-corrected chi connectivity index (χ4v) is 10.5. The van der Waals surface area contributed by atoms with Crippen molar-refractivity contribution in [3.05, 3.63) is 59.7 Å². The number of carbonyl (C=O) groups excluding carboxylic acids is 4. The lowest BCUT2D eigenvalue weighted by molar-refractivity contribution is -0.154. The molecule has 6 rings (SSSR count). The lowest BCUT2D eigenvalue weighted by Gasteiger charge is -2.39. The van der Waals surface area contributed by atoms with Crippen molar-refractivity contribution in [1.29, 1.82) is 0 Å². The molecule has 45 heavy (non-hydrogen) atoms. The molecule has 0 radical (unpaired) electrons. The van der Waals surface area contributed by atoms with Gasteiger partial charge in [0.15, 0.2) is 20.1 Å². The molecule has 12 heteroatoms. The van der Waals surface area contributed by atoms with Gasteiger partial charge < -0.3 is 29.2 Å². The van der Waals surface area contributed by atoms with Crippen LogP contribution >= 0.6 is 0 Å². The summed E-state index contributed by atoms with van der Waals surface area (Å²) in [4.78, 5) is 68.1. The van der Waals surface area contributed by atoms with Crippen LogP contribution in [0.15, 0.2) is 48.5 Å². The zero-order valence-electron chi connectivity index (χ0n) is 26.1. The predicted octanol–water partition coefficient (Wildman–Crippen LogP) is 3.03. The molecule has 0 saturated carbocycles. The first-order valence-corrected chi connectivity index (χ1v) is 18.7. The van der Waals surface area contributed by atoms with E-state index in [9.17, 15) is 29.1 Å². The third-order valence-corrected chi connectivity index (χ3v) is 12.4. The number of hydrogen-bond acceptors (Lipinski definition) is 8. The van der Waals surface area contributed by atoms with E-state index in [0.717, 1.165) is 24.0 Å². The molecule has 0 aliphatic carbocycles. The van der Waals surface area contributed by atoms with Gasteiger partial charge >= 0.3 is 5.97 Å². The van der Waals surface area contributed by atoms with Crippen LogP contribution in [0.4, 0.5) is 11.4 Å². The topological polar surface area (TPSA) is 137 Å². The molecule has 2 N–H and O–H groups in total. The average Bonchev–Trinajstić information content (AvgIpc) is 3.64. The molecule has 2 aromatic carbocycles. The first-order chi connectivity index (χ1) is 21.4. The van der Waals surface area contributed by atoms with Gasteiger partial charge in [-0.15, -0.1) is 0 Å². The Bertz CT molecular complexity index is 1510. The van der Waals surface area contributed by atoms with Crippen LogP contribution in [0.3, 0.4) is 0 Å². The standard InChI is InChI=1S/C33H41N3O8Si/c1-20-31(45(3,4)42)27(16-28(39)34-15-7-8-24(34)19-37)44-33(20)25-9-5-6-10-26(25)35(32(33)41)18-22-11-13-23(14-12-22)36-29(40)17-30(36)43-21(2)38/h5-6,9-14,20,24,27,30-31,37,42H,7-8,15-19H2,1-4H3/t20-,24-,27+,30?,31-,33+/m0/s1. The van der Waals surface area contributed by atoms with Crippen molar-refractivity contribution in [2.24, 2.45) is 5.92 Å². The van der Waals surface area contributed by atoms with E-state index in [4.69, 9.17) is 9.47 Å². The zero-order valence-corrected chi connectivity index (χ0v) is 27.1. The minimum absolute atomic E-state index is 0.0325. The van der Waals surface area contributed by atoms with Gasteiger partial charge in [0.1, 0.15) is 0 Å². The maximum absolute atomic E-state index is 14.6. The number of aliphatic hydroxyl groups is 1. The van der Waals surface area contributed by atoms with E-state index < -0.39 is 38.1 Å². The van der Waals surface area contributed by atoms with Crippen molar-refractivity contribution in [3.8, 4) is 0 Å². The molecule has 3 fully saturated rings. The highest BCUT2D eigenvalue weighted by molar-refractivity contribution is 6.71. The van der Waals surface area contributed by atoms with Gasteiger partial charge in [0, 0.05) is 36.2 Å². The van der Waals surface area contributed by atoms with Gasteiger partial charge in [-0.3, -0.25) is 24.1 Å². The highest BCUT2D eigenvalue weighted by Gasteiger charge is 2.66. The average molecular weight is 636 g/mol. The number of likely N-dealkylation sites (tertiary alicyclic amines) is 1. The minimum atomic E-state index is -2.94. The van der Waals surface area contributed by atoms with Crippen LogP contribution in [0, 0.1) is 5.92 Å². The quantitative estimate of drug-likeness (QED) is 0.257. The number of β-lactam (4-membered cyclic amide) rings is 1. The molecule has 4 aliphatic rings. The first kappa shape index (κ1) is 31.4. The second-order valence-corrected chi connectivity index (χ2v) is 17.2. The summed E-state index contributed by atoms with van der Waals surface area (Å²) in [5.74, 6) is -1.35. The predicted molar refractivity (Wildman–Crippen MR) is 167 cm³/mol. The van der Waals surface area contributed by atoms with Gasteiger partial charge in [-0.05, 0) is 49.7 Å². The number of anilines is 2. The Hall–Kier alpha value is -3.58. The van der Waals surface area contributed by atoms with Gasteiger partial charge in [-0.2, -0.15) is 0 Å². The van der Waals surface area contributed by atoms with Crippen LogP contribution in [-0.2, 0) is 40.8 Å². The van der Waals surface area contributed by atoms with E-state index in [1.54, 1.807) is 21.9 Å². The van der Waals surface area contributed by atoms with Crippen LogP contribution < -0.4 is 9.80 Å². The van der Waals surface area contributed by atoms with E-state index >= 15 is 0 Å². The molecular formula is C33H41N3O8Si. The van der Waals surface area contributed by atoms with Gasteiger partial charge in [0.05, 0.1) is 43.8 Å².